The van der Waals surface area contributed by atoms with Gasteiger partial charge < -0.3 is 25.3 Å². The summed E-state index contributed by atoms with van der Waals surface area (Å²) in [6, 6.07) is 6.43. The molecule has 2 aromatic rings. The third-order valence-corrected chi connectivity index (χ3v) is 5.78. The molecule has 3 N–H and O–H groups in total. The lowest BCUT2D eigenvalue weighted by Crippen LogP contribution is -2.42. The normalized spacial score (nSPS) is 22.1. The minimum Gasteiger partial charge on any atom is -0.376 e. The van der Waals surface area contributed by atoms with Crippen LogP contribution in [0.3, 0.4) is 0 Å². The van der Waals surface area contributed by atoms with Crippen LogP contribution in [0.4, 0.5) is 13.6 Å². The van der Waals surface area contributed by atoms with E-state index in [1.54, 1.807) is 6.07 Å². The number of ether oxygens (including phenoxy) is 1. The highest BCUT2D eigenvalue weighted by Crippen LogP contribution is 2.24. The van der Waals surface area contributed by atoms with Crippen LogP contribution >= 0.6 is 0 Å². The summed E-state index contributed by atoms with van der Waals surface area (Å²) in [7, 11) is 0. The van der Waals surface area contributed by atoms with E-state index in [0.29, 0.717) is 12.0 Å². The van der Waals surface area contributed by atoms with Gasteiger partial charge in [-0.1, -0.05) is 6.07 Å². The van der Waals surface area contributed by atoms with Gasteiger partial charge in [0.2, 0.25) is 0 Å². The van der Waals surface area contributed by atoms with Crippen molar-refractivity contribution in [3.05, 3.63) is 69.6 Å². The topological polar surface area (TPSA) is 101 Å². The van der Waals surface area contributed by atoms with Crippen molar-refractivity contribution in [3.63, 3.8) is 0 Å². The maximum absolute atomic E-state index is 13.4. The van der Waals surface area contributed by atoms with Gasteiger partial charge in [0, 0.05) is 12.7 Å². The van der Waals surface area contributed by atoms with E-state index in [1.807, 2.05) is 0 Å². The van der Waals surface area contributed by atoms with Crippen LogP contribution in [-0.2, 0) is 11.3 Å². The highest BCUT2D eigenvalue weighted by molar-refractivity contribution is 5.93. The van der Waals surface area contributed by atoms with E-state index >= 15 is 0 Å². The molecule has 1 aromatic carbocycles. The molecule has 8 nitrogen and oxygen atoms in total. The van der Waals surface area contributed by atoms with E-state index in [2.05, 4.69) is 16.0 Å². The molecule has 3 atom stereocenters. The lowest BCUT2D eigenvalue weighted by Gasteiger charge is -2.30. The van der Waals surface area contributed by atoms with Crippen molar-refractivity contribution in [2.75, 3.05) is 13.2 Å². The predicted molar refractivity (Wildman–Crippen MR) is 111 cm³/mol. The fourth-order valence-electron chi connectivity index (χ4n) is 4.15. The van der Waals surface area contributed by atoms with Crippen molar-refractivity contribution in [1.82, 2.24) is 20.5 Å². The fourth-order valence-corrected chi connectivity index (χ4v) is 4.15. The van der Waals surface area contributed by atoms with Gasteiger partial charge in [-0.3, -0.25) is 9.59 Å². The molecule has 10 heteroatoms. The number of carbonyl (C=O) groups is 2. The highest BCUT2D eigenvalue weighted by Gasteiger charge is 2.37. The molecule has 32 heavy (non-hydrogen) atoms. The fraction of sp³-hybridized carbons (Fsp3) is 0.409. The Hall–Kier alpha value is -3.27. The predicted octanol–water partition coefficient (Wildman–Crippen LogP) is 1.52. The van der Waals surface area contributed by atoms with Crippen molar-refractivity contribution in [2.45, 2.75) is 44.0 Å². The molecule has 0 bridgehead atoms. The Morgan fingerprint density at radius 3 is 2.75 bits per heavy atom. The Morgan fingerprint density at radius 1 is 1.12 bits per heavy atom. The number of hydrogen-bond acceptors (Lipinski definition) is 4. The minimum absolute atomic E-state index is 0.00147. The number of benzene rings is 1. The number of carbonyl (C=O) groups excluding carboxylic acids is 2. The lowest BCUT2D eigenvalue weighted by molar-refractivity contribution is 0.0204. The molecule has 1 saturated carbocycles. The zero-order chi connectivity index (χ0) is 22.7. The van der Waals surface area contributed by atoms with E-state index in [9.17, 15) is 23.2 Å². The molecule has 170 valence electrons. The minimum atomic E-state index is -0.996. The van der Waals surface area contributed by atoms with Crippen molar-refractivity contribution in [2.24, 2.45) is 0 Å². The summed E-state index contributed by atoms with van der Waals surface area (Å²) in [5.41, 5.74) is -0.172. The van der Waals surface area contributed by atoms with Crippen molar-refractivity contribution in [1.29, 1.82) is 0 Å². The van der Waals surface area contributed by atoms with Crippen LogP contribution in [0, 0.1) is 11.6 Å². The Bertz CT molecular complexity index is 1070. The molecule has 1 aliphatic heterocycles. The Kier molecular flexibility index (Phi) is 6.50. The zero-order valence-electron chi connectivity index (χ0n) is 17.3. The van der Waals surface area contributed by atoms with Crippen molar-refractivity contribution >= 4 is 11.9 Å². The Morgan fingerprint density at radius 2 is 1.94 bits per heavy atom. The third kappa shape index (κ3) is 4.96. The first kappa shape index (κ1) is 21.9. The number of nitrogens with one attached hydrogen (secondary N) is 3. The van der Waals surface area contributed by atoms with Crippen molar-refractivity contribution in [3.8, 4) is 0 Å². The number of rotatable bonds is 7. The number of fused-ring (bicyclic) bond motifs is 1. The zero-order valence-corrected chi connectivity index (χ0v) is 17.3. The van der Waals surface area contributed by atoms with Gasteiger partial charge in [0.1, 0.15) is 5.56 Å². The van der Waals surface area contributed by atoms with E-state index in [1.165, 1.54) is 22.9 Å². The van der Waals surface area contributed by atoms with E-state index < -0.39 is 23.1 Å². The van der Waals surface area contributed by atoms with Gasteiger partial charge in [-0.25, -0.2) is 13.6 Å². The summed E-state index contributed by atoms with van der Waals surface area (Å²) in [6.45, 7) is 0.520. The van der Waals surface area contributed by atoms with Crippen LogP contribution in [0.25, 0.3) is 0 Å². The van der Waals surface area contributed by atoms with Crippen LogP contribution in [0.5, 0.6) is 0 Å². The summed E-state index contributed by atoms with van der Waals surface area (Å²) in [6.07, 6.45) is 3.85. The summed E-state index contributed by atoms with van der Waals surface area (Å²) in [5.74, 6) is -2.49. The van der Waals surface area contributed by atoms with Crippen LogP contribution in [0.15, 0.2) is 41.3 Å². The van der Waals surface area contributed by atoms with Gasteiger partial charge in [-0.05, 0) is 49.1 Å². The summed E-state index contributed by atoms with van der Waals surface area (Å²) < 4.78 is 33.6. The average molecular weight is 446 g/mol. The molecule has 3 unspecified atom stereocenters. The number of urea groups is 1. The van der Waals surface area contributed by atoms with Crippen molar-refractivity contribution < 1.29 is 23.1 Å². The van der Waals surface area contributed by atoms with Crippen LogP contribution in [0.1, 0.15) is 35.2 Å². The number of aromatic nitrogens is 1. The van der Waals surface area contributed by atoms with Crippen LogP contribution < -0.4 is 21.5 Å². The van der Waals surface area contributed by atoms with Gasteiger partial charge in [-0.2, -0.15) is 0 Å². The Balaban J connectivity index is 1.28. The lowest BCUT2D eigenvalue weighted by atomic mass is 9.89. The highest BCUT2D eigenvalue weighted by atomic mass is 19.2. The molecule has 1 aromatic heterocycles. The maximum atomic E-state index is 13.4. The average Bonchev–Trinajstić information content (AvgIpc) is 3.14. The molecule has 0 radical (unpaired) electrons. The maximum Gasteiger partial charge on any atom is 0.315 e. The van der Waals surface area contributed by atoms with Gasteiger partial charge in [-0.15, -0.1) is 0 Å². The smallest absolute Gasteiger partial charge is 0.315 e. The monoisotopic (exact) mass is 446 g/mol. The first-order valence-corrected chi connectivity index (χ1v) is 10.5. The molecule has 2 fully saturated rings. The van der Waals surface area contributed by atoms with Crippen LogP contribution in [0.2, 0.25) is 0 Å². The largest absolute Gasteiger partial charge is 0.376 e. The van der Waals surface area contributed by atoms with E-state index in [4.69, 9.17) is 4.74 Å². The first-order valence-electron chi connectivity index (χ1n) is 10.5. The molecule has 4 rings (SSSR count). The van der Waals surface area contributed by atoms with Gasteiger partial charge in [0.15, 0.2) is 11.6 Å². The second-order valence-electron chi connectivity index (χ2n) is 8.00. The van der Waals surface area contributed by atoms with E-state index in [0.717, 1.165) is 25.0 Å². The molecule has 0 spiro atoms. The molecule has 3 amide bonds. The number of amides is 3. The number of pyridine rings is 1. The summed E-state index contributed by atoms with van der Waals surface area (Å²) in [4.78, 5) is 36.5. The summed E-state index contributed by atoms with van der Waals surface area (Å²) >= 11 is 0. The molecule has 2 heterocycles. The second kappa shape index (κ2) is 9.47. The molecule has 2 aliphatic rings. The molecular weight excluding hydrogens is 422 g/mol. The second-order valence-corrected chi connectivity index (χ2v) is 8.00. The Labute approximate surface area is 182 Å². The SMILES string of the molecule is O=C1NC2CCC(OCCNC(=O)c3cccn(Cc4ccc(F)c(F)c4)c3=O)CC2N1. The molecule has 1 saturated heterocycles. The molecular formula is C22H24F2N4O4. The van der Waals surface area contributed by atoms with Gasteiger partial charge in [0.05, 0.1) is 31.3 Å². The molecule has 1 aliphatic carbocycles. The number of hydrogen-bond donors (Lipinski definition) is 3. The standard InChI is InChI=1S/C22H24F2N4O4/c23-16-5-3-13(10-17(16)24)12-28-8-1-2-15(21(28)30)20(29)25-7-9-32-14-4-6-18-19(11-14)27-22(31)26-18/h1-3,5,8,10,14,18-19H,4,6-7,9,11-12H2,(H,25,29)(H2,26,27,31). The number of halogens is 2. The van der Waals surface area contributed by atoms with E-state index in [-0.39, 0.29) is 49.5 Å². The summed E-state index contributed by atoms with van der Waals surface area (Å²) in [5, 5.41) is 8.42. The van der Waals surface area contributed by atoms with Gasteiger partial charge >= 0.3 is 6.03 Å². The first-order chi connectivity index (χ1) is 15.4. The van der Waals surface area contributed by atoms with Crippen LogP contribution in [-0.4, -0.2) is 47.8 Å². The third-order valence-electron chi connectivity index (χ3n) is 5.78. The quantitative estimate of drug-likeness (QED) is 0.562. The number of nitrogens with zero attached hydrogens (tertiary/aromatic N) is 1. The van der Waals surface area contributed by atoms with Gasteiger partial charge in [0.25, 0.3) is 11.5 Å².